The number of hydrogen-bond donors (Lipinski definition) is 1. The molecular weight excluding hydrogens is 358 g/mol. The lowest BCUT2D eigenvalue weighted by atomic mass is 10.1. The third-order valence-corrected chi connectivity index (χ3v) is 5.12. The van der Waals surface area contributed by atoms with E-state index in [4.69, 9.17) is 16.3 Å². The smallest absolute Gasteiger partial charge is 0.240 e. The van der Waals surface area contributed by atoms with Crippen LogP contribution >= 0.6 is 22.9 Å². The van der Waals surface area contributed by atoms with Crippen molar-refractivity contribution in [2.45, 2.75) is 32.5 Å². The molecule has 1 saturated heterocycles. The molecule has 2 aromatic rings. The first kappa shape index (κ1) is 18.3. The fraction of sp³-hybridized carbons (Fsp3) is 0.444. The van der Waals surface area contributed by atoms with E-state index >= 15 is 0 Å². The number of anilines is 1. The highest BCUT2D eigenvalue weighted by Crippen LogP contribution is 2.22. The van der Waals surface area contributed by atoms with Crippen molar-refractivity contribution in [3.05, 3.63) is 45.9 Å². The maximum Gasteiger partial charge on any atom is 0.240 e. The van der Waals surface area contributed by atoms with Gasteiger partial charge in [0.05, 0.1) is 18.8 Å². The number of nitrogens with one attached hydrogen (secondary N) is 1. The van der Waals surface area contributed by atoms with Crippen molar-refractivity contribution in [2.24, 2.45) is 0 Å². The highest BCUT2D eigenvalue weighted by Gasteiger charge is 2.23. The van der Waals surface area contributed by atoms with E-state index in [2.05, 4.69) is 15.2 Å². The van der Waals surface area contributed by atoms with Gasteiger partial charge in [-0.1, -0.05) is 23.7 Å². The van der Waals surface area contributed by atoms with Crippen LogP contribution in [0.5, 0.6) is 0 Å². The van der Waals surface area contributed by atoms with E-state index in [1.54, 1.807) is 0 Å². The predicted molar refractivity (Wildman–Crippen MR) is 101 cm³/mol. The third kappa shape index (κ3) is 5.51. The van der Waals surface area contributed by atoms with Gasteiger partial charge in [-0.05, 0) is 31.5 Å². The van der Waals surface area contributed by atoms with Crippen LogP contribution in [0.4, 0.5) is 5.13 Å². The average Bonchev–Trinajstić information content (AvgIpc) is 2.95. The SMILES string of the molecule is CC1CN(CC(=O)Nc2ncc(Cc3ccc(Cl)cc3)s2)CC(C)O1. The van der Waals surface area contributed by atoms with Crippen molar-refractivity contribution in [3.63, 3.8) is 0 Å². The van der Waals surface area contributed by atoms with Crippen LogP contribution < -0.4 is 5.32 Å². The van der Waals surface area contributed by atoms with Gasteiger partial charge in [-0.2, -0.15) is 0 Å². The third-order valence-electron chi connectivity index (χ3n) is 3.95. The standard InChI is InChI=1S/C18H22ClN3O2S/c1-12-9-22(10-13(2)24-12)11-17(23)21-18-20-8-16(25-18)7-14-3-5-15(19)6-4-14/h3-6,8,12-13H,7,9-11H2,1-2H3,(H,20,21,23). The van der Waals surface area contributed by atoms with Gasteiger partial charge in [0.1, 0.15) is 0 Å². The molecule has 5 nitrogen and oxygen atoms in total. The molecule has 1 fully saturated rings. The van der Waals surface area contributed by atoms with E-state index in [9.17, 15) is 4.79 Å². The van der Waals surface area contributed by atoms with Crippen LogP contribution in [0.3, 0.4) is 0 Å². The Labute approximate surface area is 157 Å². The van der Waals surface area contributed by atoms with Gasteiger partial charge >= 0.3 is 0 Å². The van der Waals surface area contributed by atoms with Crippen molar-refractivity contribution in [1.29, 1.82) is 0 Å². The molecule has 0 spiro atoms. The summed E-state index contributed by atoms with van der Waals surface area (Å²) in [4.78, 5) is 19.8. The zero-order valence-electron chi connectivity index (χ0n) is 14.4. The molecule has 1 aliphatic heterocycles. The van der Waals surface area contributed by atoms with Gasteiger partial charge in [0.2, 0.25) is 5.91 Å². The Bertz CT molecular complexity index is 709. The Morgan fingerprint density at radius 3 is 2.68 bits per heavy atom. The number of benzene rings is 1. The van der Waals surface area contributed by atoms with Crippen LogP contribution in [0.25, 0.3) is 0 Å². The van der Waals surface area contributed by atoms with Gasteiger partial charge in [-0.25, -0.2) is 4.98 Å². The highest BCUT2D eigenvalue weighted by molar-refractivity contribution is 7.15. The minimum absolute atomic E-state index is 0.0336. The van der Waals surface area contributed by atoms with Crippen molar-refractivity contribution < 1.29 is 9.53 Å². The first-order valence-corrected chi connectivity index (χ1v) is 9.54. The monoisotopic (exact) mass is 379 g/mol. The molecule has 25 heavy (non-hydrogen) atoms. The molecule has 2 atom stereocenters. The molecule has 1 amide bonds. The van der Waals surface area contributed by atoms with Crippen LogP contribution in [0.1, 0.15) is 24.3 Å². The minimum atomic E-state index is -0.0336. The van der Waals surface area contributed by atoms with E-state index in [0.717, 1.165) is 29.4 Å². The molecule has 1 aromatic carbocycles. The lowest BCUT2D eigenvalue weighted by Crippen LogP contribution is -2.48. The number of amides is 1. The number of aromatic nitrogens is 1. The Hall–Kier alpha value is -1.47. The predicted octanol–water partition coefficient (Wildman–Crippen LogP) is 3.44. The number of nitrogens with zero attached hydrogens (tertiary/aromatic N) is 2. The van der Waals surface area contributed by atoms with Gasteiger partial charge in [0.15, 0.2) is 5.13 Å². The van der Waals surface area contributed by atoms with Crippen LogP contribution in [-0.4, -0.2) is 47.6 Å². The van der Waals surface area contributed by atoms with Gasteiger partial charge in [0.25, 0.3) is 0 Å². The molecule has 134 valence electrons. The maximum absolute atomic E-state index is 12.3. The van der Waals surface area contributed by atoms with Crippen molar-refractivity contribution in [1.82, 2.24) is 9.88 Å². The van der Waals surface area contributed by atoms with E-state index < -0.39 is 0 Å². The van der Waals surface area contributed by atoms with Crippen molar-refractivity contribution >= 4 is 34.0 Å². The number of hydrogen-bond acceptors (Lipinski definition) is 5. The van der Waals surface area contributed by atoms with Gasteiger partial charge in [-0.3, -0.25) is 9.69 Å². The molecular formula is C18H22ClN3O2S. The quantitative estimate of drug-likeness (QED) is 0.864. The Kier molecular flexibility index (Phi) is 6.06. The molecule has 0 radical (unpaired) electrons. The molecule has 2 unspecified atom stereocenters. The minimum Gasteiger partial charge on any atom is -0.373 e. The Balaban J connectivity index is 1.52. The van der Waals surface area contributed by atoms with Crippen LogP contribution in [-0.2, 0) is 16.0 Å². The highest BCUT2D eigenvalue weighted by atomic mass is 35.5. The molecule has 0 saturated carbocycles. The second-order valence-corrected chi connectivity index (χ2v) is 7.99. The van der Waals surface area contributed by atoms with E-state index in [-0.39, 0.29) is 18.1 Å². The average molecular weight is 380 g/mol. The fourth-order valence-corrected chi connectivity index (χ4v) is 4.01. The van der Waals surface area contributed by atoms with E-state index in [0.29, 0.717) is 11.7 Å². The number of morpholine rings is 1. The molecule has 3 rings (SSSR count). The Morgan fingerprint density at radius 1 is 1.32 bits per heavy atom. The molecule has 7 heteroatoms. The molecule has 1 aromatic heterocycles. The van der Waals surface area contributed by atoms with Crippen LogP contribution in [0.15, 0.2) is 30.5 Å². The first-order chi connectivity index (χ1) is 12.0. The largest absolute Gasteiger partial charge is 0.373 e. The summed E-state index contributed by atoms with van der Waals surface area (Å²) in [5, 5.41) is 4.27. The number of carbonyl (C=O) groups is 1. The fourth-order valence-electron chi connectivity index (χ4n) is 3.03. The summed E-state index contributed by atoms with van der Waals surface area (Å²) in [5.41, 5.74) is 1.17. The molecule has 1 N–H and O–H groups in total. The van der Waals surface area contributed by atoms with Gasteiger partial charge in [-0.15, -0.1) is 11.3 Å². The molecule has 2 heterocycles. The zero-order chi connectivity index (χ0) is 17.8. The number of thiazole rings is 1. The summed E-state index contributed by atoms with van der Waals surface area (Å²) < 4.78 is 5.69. The van der Waals surface area contributed by atoms with Gasteiger partial charge in [0, 0.05) is 35.6 Å². The molecule has 0 bridgehead atoms. The summed E-state index contributed by atoms with van der Waals surface area (Å²) >= 11 is 7.41. The number of rotatable bonds is 5. The maximum atomic E-state index is 12.3. The summed E-state index contributed by atoms with van der Waals surface area (Å²) in [7, 11) is 0. The van der Waals surface area contributed by atoms with E-state index in [1.807, 2.05) is 44.3 Å². The molecule has 0 aliphatic carbocycles. The van der Waals surface area contributed by atoms with E-state index in [1.165, 1.54) is 16.9 Å². The first-order valence-electron chi connectivity index (χ1n) is 8.35. The number of ether oxygens (including phenoxy) is 1. The summed E-state index contributed by atoms with van der Waals surface area (Å²) in [6.07, 6.45) is 2.90. The summed E-state index contributed by atoms with van der Waals surface area (Å²) in [6, 6.07) is 7.76. The number of halogens is 1. The summed E-state index contributed by atoms with van der Waals surface area (Å²) in [5.74, 6) is -0.0336. The topological polar surface area (TPSA) is 54.5 Å². The van der Waals surface area contributed by atoms with Crippen molar-refractivity contribution in [2.75, 3.05) is 25.0 Å². The zero-order valence-corrected chi connectivity index (χ0v) is 15.9. The lowest BCUT2D eigenvalue weighted by molar-refractivity contribution is -0.121. The van der Waals surface area contributed by atoms with Crippen molar-refractivity contribution in [3.8, 4) is 0 Å². The summed E-state index contributed by atoms with van der Waals surface area (Å²) in [6.45, 7) is 5.98. The molecule has 1 aliphatic rings. The van der Waals surface area contributed by atoms with Crippen LogP contribution in [0.2, 0.25) is 5.02 Å². The second-order valence-electron chi connectivity index (χ2n) is 6.43. The number of carbonyl (C=O) groups excluding carboxylic acids is 1. The normalized spacial score (nSPS) is 21.2. The van der Waals surface area contributed by atoms with Crippen LogP contribution in [0, 0.1) is 0 Å². The Morgan fingerprint density at radius 2 is 2.00 bits per heavy atom. The van der Waals surface area contributed by atoms with Gasteiger partial charge < -0.3 is 10.1 Å². The second kappa shape index (κ2) is 8.27. The lowest BCUT2D eigenvalue weighted by Gasteiger charge is -2.34.